The number of rotatable bonds is 5. The first kappa shape index (κ1) is 14.5. The highest BCUT2D eigenvalue weighted by Gasteiger charge is 2.12. The van der Waals surface area contributed by atoms with Gasteiger partial charge in [0.15, 0.2) is 0 Å². The maximum atomic E-state index is 12.0. The molecule has 0 aliphatic heterocycles. The summed E-state index contributed by atoms with van der Waals surface area (Å²) in [5.74, 6) is 1.01. The Morgan fingerprint density at radius 2 is 1.94 bits per heavy atom. The fourth-order valence-corrected chi connectivity index (χ4v) is 1.60. The highest BCUT2D eigenvalue weighted by molar-refractivity contribution is 5.95. The van der Waals surface area contributed by atoms with Crippen LogP contribution >= 0.6 is 0 Å². The number of carbonyl (C=O) groups is 1. The average Bonchev–Trinajstić information content (AvgIpc) is 2.28. The van der Waals surface area contributed by atoms with Gasteiger partial charge in [0.25, 0.3) is 5.91 Å². The zero-order valence-electron chi connectivity index (χ0n) is 11.9. The molecule has 4 nitrogen and oxygen atoms in total. The molecule has 4 heteroatoms. The molecule has 1 aromatic rings. The molecule has 0 bridgehead atoms. The molecule has 0 spiro atoms. The van der Waals surface area contributed by atoms with Gasteiger partial charge in [0.1, 0.15) is 5.82 Å². The van der Waals surface area contributed by atoms with Gasteiger partial charge in [-0.25, -0.2) is 4.98 Å². The molecule has 0 saturated carbocycles. The lowest BCUT2D eigenvalue weighted by molar-refractivity contribution is 0.0943. The van der Waals surface area contributed by atoms with Crippen LogP contribution in [0.15, 0.2) is 12.1 Å². The Labute approximate surface area is 109 Å². The Balaban J connectivity index is 3.06. The average molecular weight is 249 g/mol. The second-order valence-corrected chi connectivity index (χ2v) is 4.98. The molecule has 1 rings (SSSR count). The van der Waals surface area contributed by atoms with Crippen molar-refractivity contribution in [3.63, 3.8) is 0 Å². The predicted octanol–water partition coefficient (Wildman–Crippen LogP) is 2.78. The molecule has 2 N–H and O–H groups in total. The summed E-state index contributed by atoms with van der Waals surface area (Å²) < 4.78 is 0. The van der Waals surface area contributed by atoms with Crippen LogP contribution in [-0.4, -0.2) is 23.5 Å². The highest BCUT2D eigenvalue weighted by Crippen LogP contribution is 2.17. The first-order valence-corrected chi connectivity index (χ1v) is 6.50. The molecule has 1 heterocycles. The van der Waals surface area contributed by atoms with Gasteiger partial charge in [-0.05, 0) is 38.8 Å². The molecule has 1 amide bonds. The normalized spacial score (nSPS) is 10.8. The van der Waals surface area contributed by atoms with E-state index in [0.29, 0.717) is 11.5 Å². The van der Waals surface area contributed by atoms with E-state index < -0.39 is 0 Å². The third-order valence-electron chi connectivity index (χ3n) is 2.48. The number of pyridine rings is 1. The third-order valence-corrected chi connectivity index (χ3v) is 2.48. The van der Waals surface area contributed by atoms with Gasteiger partial charge in [-0.15, -0.1) is 0 Å². The van der Waals surface area contributed by atoms with Crippen molar-refractivity contribution in [2.24, 2.45) is 0 Å². The number of amides is 1. The molecule has 0 aliphatic carbocycles. The molecule has 100 valence electrons. The molecule has 0 aromatic carbocycles. The first-order valence-electron chi connectivity index (χ1n) is 6.50. The van der Waals surface area contributed by atoms with Crippen LogP contribution in [0.5, 0.6) is 0 Å². The Morgan fingerprint density at radius 3 is 2.44 bits per heavy atom. The van der Waals surface area contributed by atoms with Crippen molar-refractivity contribution < 1.29 is 4.79 Å². The van der Waals surface area contributed by atoms with Gasteiger partial charge >= 0.3 is 0 Å². The molecule has 0 radical (unpaired) electrons. The van der Waals surface area contributed by atoms with E-state index in [-0.39, 0.29) is 11.9 Å². The Hall–Kier alpha value is -1.58. The van der Waals surface area contributed by atoms with E-state index in [0.717, 1.165) is 18.1 Å². The predicted molar refractivity (Wildman–Crippen MR) is 75.1 cm³/mol. The SMILES string of the molecule is CCNc1cc(C(=O)NC(C)C)cc(C(C)C)n1. The van der Waals surface area contributed by atoms with E-state index in [2.05, 4.69) is 29.5 Å². The van der Waals surface area contributed by atoms with Crippen LogP contribution in [0.3, 0.4) is 0 Å². The number of hydrogen-bond donors (Lipinski definition) is 2. The van der Waals surface area contributed by atoms with E-state index in [1.807, 2.05) is 26.8 Å². The second kappa shape index (κ2) is 6.38. The minimum absolute atomic E-state index is 0.0477. The van der Waals surface area contributed by atoms with Crippen LogP contribution in [-0.2, 0) is 0 Å². The molecule has 0 atom stereocenters. The van der Waals surface area contributed by atoms with Crippen molar-refractivity contribution in [1.82, 2.24) is 10.3 Å². The first-order chi connectivity index (χ1) is 8.43. The van der Waals surface area contributed by atoms with Gasteiger partial charge in [0.2, 0.25) is 0 Å². The van der Waals surface area contributed by atoms with Crippen molar-refractivity contribution in [2.45, 2.75) is 46.6 Å². The summed E-state index contributed by atoms with van der Waals surface area (Å²) in [6.07, 6.45) is 0. The van der Waals surface area contributed by atoms with Crippen LogP contribution in [0.1, 0.15) is 56.6 Å². The van der Waals surface area contributed by atoms with Crippen LogP contribution in [0.4, 0.5) is 5.82 Å². The van der Waals surface area contributed by atoms with Crippen molar-refractivity contribution in [3.8, 4) is 0 Å². The van der Waals surface area contributed by atoms with Gasteiger partial charge in [0, 0.05) is 23.8 Å². The van der Waals surface area contributed by atoms with Gasteiger partial charge in [-0.1, -0.05) is 13.8 Å². The minimum Gasteiger partial charge on any atom is -0.370 e. The lowest BCUT2D eigenvalue weighted by atomic mass is 10.1. The highest BCUT2D eigenvalue weighted by atomic mass is 16.1. The van der Waals surface area contributed by atoms with E-state index in [4.69, 9.17) is 0 Å². The van der Waals surface area contributed by atoms with E-state index >= 15 is 0 Å². The summed E-state index contributed by atoms with van der Waals surface area (Å²) in [6.45, 7) is 10.9. The van der Waals surface area contributed by atoms with Crippen molar-refractivity contribution in [1.29, 1.82) is 0 Å². The van der Waals surface area contributed by atoms with E-state index in [9.17, 15) is 4.79 Å². The summed E-state index contributed by atoms with van der Waals surface area (Å²) in [6, 6.07) is 3.80. The van der Waals surface area contributed by atoms with Crippen LogP contribution in [0.2, 0.25) is 0 Å². The monoisotopic (exact) mass is 249 g/mol. The van der Waals surface area contributed by atoms with Crippen molar-refractivity contribution >= 4 is 11.7 Å². The molecular weight excluding hydrogens is 226 g/mol. The number of nitrogens with zero attached hydrogens (tertiary/aromatic N) is 1. The van der Waals surface area contributed by atoms with E-state index in [1.54, 1.807) is 6.07 Å². The minimum atomic E-state index is -0.0477. The third kappa shape index (κ3) is 4.02. The molecule has 0 aliphatic rings. The Kier molecular flexibility index (Phi) is 5.13. The summed E-state index contributed by atoms with van der Waals surface area (Å²) in [7, 11) is 0. The largest absolute Gasteiger partial charge is 0.370 e. The molecular formula is C14H23N3O. The van der Waals surface area contributed by atoms with Crippen LogP contribution in [0.25, 0.3) is 0 Å². The number of anilines is 1. The standard InChI is InChI=1S/C14H23N3O/c1-6-15-13-8-11(14(18)16-10(4)5)7-12(17-13)9(2)3/h7-10H,6H2,1-5H3,(H,15,17)(H,16,18). The number of hydrogen-bond acceptors (Lipinski definition) is 3. The number of nitrogens with one attached hydrogen (secondary N) is 2. The topological polar surface area (TPSA) is 54.0 Å². The lowest BCUT2D eigenvalue weighted by Crippen LogP contribution is -2.30. The van der Waals surface area contributed by atoms with Gasteiger partial charge in [0.05, 0.1) is 0 Å². The molecule has 0 unspecified atom stereocenters. The summed E-state index contributed by atoms with van der Waals surface area (Å²) in [5, 5.41) is 6.06. The van der Waals surface area contributed by atoms with Crippen LogP contribution < -0.4 is 10.6 Å². The van der Waals surface area contributed by atoms with Crippen LogP contribution in [0, 0.1) is 0 Å². The zero-order chi connectivity index (χ0) is 13.7. The summed E-state index contributed by atoms with van der Waals surface area (Å²) >= 11 is 0. The number of carbonyl (C=O) groups excluding carboxylic acids is 1. The molecule has 0 fully saturated rings. The van der Waals surface area contributed by atoms with E-state index in [1.165, 1.54) is 0 Å². The second-order valence-electron chi connectivity index (χ2n) is 4.98. The lowest BCUT2D eigenvalue weighted by Gasteiger charge is -2.13. The van der Waals surface area contributed by atoms with Crippen molar-refractivity contribution in [3.05, 3.63) is 23.4 Å². The quantitative estimate of drug-likeness (QED) is 0.843. The maximum Gasteiger partial charge on any atom is 0.251 e. The van der Waals surface area contributed by atoms with Gasteiger partial charge in [-0.2, -0.15) is 0 Å². The zero-order valence-corrected chi connectivity index (χ0v) is 11.9. The smallest absolute Gasteiger partial charge is 0.251 e. The molecule has 1 aromatic heterocycles. The molecule has 0 saturated heterocycles. The van der Waals surface area contributed by atoms with Gasteiger partial charge < -0.3 is 10.6 Å². The summed E-state index contributed by atoms with van der Waals surface area (Å²) in [4.78, 5) is 16.5. The Morgan fingerprint density at radius 1 is 1.28 bits per heavy atom. The maximum absolute atomic E-state index is 12.0. The fraction of sp³-hybridized carbons (Fsp3) is 0.571. The van der Waals surface area contributed by atoms with Crippen molar-refractivity contribution in [2.75, 3.05) is 11.9 Å². The number of aromatic nitrogens is 1. The van der Waals surface area contributed by atoms with Gasteiger partial charge in [-0.3, -0.25) is 4.79 Å². The fourth-order valence-electron chi connectivity index (χ4n) is 1.60. The Bertz CT molecular complexity index is 414. The molecule has 18 heavy (non-hydrogen) atoms. The summed E-state index contributed by atoms with van der Waals surface area (Å²) in [5.41, 5.74) is 1.60.